The van der Waals surface area contributed by atoms with Crippen molar-refractivity contribution in [1.29, 1.82) is 0 Å². The van der Waals surface area contributed by atoms with Gasteiger partial charge in [0.25, 0.3) is 0 Å². The summed E-state index contributed by atoms with van der Waals surface area (Å²) >= 11 is 5.22. The van der Waals surface area contributed by atoms with Gasteiger partial charge < -0.3 is 15.4 Å². The van der Waals surface area contributed by atoms with Crippen LogP contribution in [0, 0.1) is 0 Å². The Kier molecular flexibility index (Phi) is 5.61. The third-order valence-corrected chi connectivity index (χ3v) is 3.76. The molecule has 0 radical (unpaired) electrons. The van der Waals surface area contributed by atoms with Crippen molar-refractivity contribution in [2.24, 2.45) is 0 Å². The maximum Gasteiger partial charge on any atom is 0.416 e. The van der Waals surface area contributed by atoms with E-state index in [1.54, 1.807) is 18.2 Å². The molecule has 3 aromatic carbocycles. The number of nitrogens with one attached hydrogen (secondary N) is 2. The second-order valence-corrected chi connectivity index (χ2v) is 5.98. The molecule has 7 heteroatoms. The lowest BCUT2D eigenvalue weighted by atomic mass is 10.2. The van der Waals surface area contributed by atoms with E-state index < -0.39 is 11.7 Å². The molecule has 3 rings (SSSR count). The van der Waals surface area contributed by atoms with E-state index in [0.717, 1.165) is 12.1 Å². The number of para-hydroxylation sites is 3. The molecule has 0 aliphatic carbocycles. The van der Waals surface area contributed by atoms with E-state index in [4.69, 9.17) is 17.0 Å². The van der Waals surface area contributed by atoms with Crippen LogP contribution < -0.4 is 15.4 Å². The number of thiocarbonyl (C=S) groups is 1. The van der Waals surface area contributed by atoms with Crippen LogP contribution in [0.2, 0.25) is 0 Å². The molecule has 27 heavy (non-hydrogen) atoms. The fourth-order valence-corrected chi connectivity index (χ4v) is 2.56. The molecule has 0 spiro atoms. The minimum atomic E-state index is -4.41. The van der Waals surface area contributed by atoms with Gasteiger partial charge in [-0.3, -0.25) is 0 Å². The number of rotatable bonds is 4. The van der Waals surface area contributed by atoms with Crippen molar-refractivity contribution in [3.8, 4) is 11.5 Å². The van der Waals surface area contributed by atoms with Crippen LogP contribution >= 0.6 is 12.2 Å². The van der Waals surface area contributed by atoms with Gasteiger partial charge in [0.1, 0.15) is 5.75 Å². The quantitative estimate of drug-likeness (QED) is 0.514. The highest BCUT2D eigenvalue weighted by Gasteiger charge is 2.30. The number of anilines is 2. The van der Waals surface area contributed by atoms with Gasteiger partial charge in [-0.2, -0.15) is 13.2 Å². The van der Waals surface area contributed by atoms with Crippen molar-refractivity contribution in [1.82, 2.24) is 0 Å². The lowest BCUT2D eigenvalue weighted by Gasteiger charge is -2.15. The fourth-order valence-electron chi connectivity index (χ4n) is 2.33. The van der Waals surface area contributed by atoms with Gasteiger partial charge in [-0.05, 0) is 54.7 Å². The highest BCUT2D eigenvalue weighted by Crippen LogP contribution is 2.31. The lowest BCUT2D eigenvalue weighted by molar-refractivity contribution is -0.137. The average molecular weight is 388 g/mol. The molecular formula is C20H15F3N2OS. The standard InChI is InChI=1S/C20H15F3N2OS/c21-20(22,23)14-7-6-8-15(13-14)24-19(27)25-17-11-4-5-12-18(17)26-16-9-2-1-3-10-16/h1-13H,(H2,24,25,27). The monoisotopic (exact) mass is 388 g/mol. The topological polar surface area (TPSA) is 33.3 Å². The number of benzene rings is 3. The van der Waals surface area contributed by atoms with Gasteiger partial charge in [0, 0.05) is 5.69 Å². The summed E-state index contributed by atoms with van der Waals surface area (Å²) in [5.74, 6) is 1.19. The van der Waals surface area contributed by atoms with E-state index in [-0.39, 0.29) is 10.8 Å². The van der Waals surface area contributed by atoms with Gasteiger partial charge in [0.05, 0.1) is 11.3 Å². The van der Waals surface area contributed by atoms with Crippen LogP contribution in [0.1, 0.15) is 5.56 Å². The number of hydrogen-bond donors (Lipinski definition) is 2. The van der Waals surface area contributed by atoms with Crippen LogP contribution in [0.5, 0.6) is 11.5 Å². The summed E-state index contributed by atoms with van der Waals surface area (Å²) in [6.07, 6.45) is -4.41. The molecule has 3 nitrogen and oxygen atoms in total. The minimum Gasteiger partial charge on any atom is -0.455 e. The summed E-state index contributed by atoms with van der Waals surface area (Å²) in [5.41, 5.74) is 0.0812. The third-order valence-electron chi connectivity index (χ3n) is 3.55. The molecule has 0 aliphatic heterocycles. The second-order valence-electron chi connectivity index (χ2n) is 5.57. The summed E-state index contributed by atoms with van der Waals surface area (Å²) < 4.78 is 44.3. The molecule has 0 aromatic heterocycles. The maximum absolute atomic E-state index is 12.8. The zero-order valence-corrected chi connectivity index (χ0v) is 14.8. The molecule has 0 unspecified atom stereocenters. The third kappa shape index (κ3) is 5.21. The maximum atomic E-state index is 12.8. The Labute approximate surface area is 159 Å². The smallest absolute Gasteiger partial charge is 0.416 e. The van der Waals surface area contributed by atoms with Gasteiger partial charge in [0.15, 0.2) is 10.9 Å². The van der Waals surface area contributed by atoms with E-state index in [1.807, 2.05) is 36.4 Å². The first-order valence-corrected chi connectivity index (χ1v) is 8.40. The first-order valence-electron chi connectivity index (χ1n) is 7.99. The summed E-state index contributed by atoms with van der Waals surface area (Å²) in [5, 5.41) is 5.86. The van der Waals surface area contributed by atoms with E-state index >= 15 is 0 Å². The summed E-state index contributed by atoms with van der Waals surface area (Å²) in [4.78, 5) is 0. The first-order chi connectivity index (χ1) is 12.9. The van der Waals surface area contributed by atoms with Gasteiger partial charge in [0.2, 0.25) is 0 Å². The van der Waals surface area contributed by atoms with Crippen LogP contribution in [0.25, 0.3) is 0 Å². The molecular weight excluding hydrogens is 373 g/mol. The van der Waals surface area contributed by atoms with E-state index in [1.165, 1.54) is 12.1 Å². The zero-order chi connectivity index (χ0) is 19.3. The Bertz CT molecular complexity index is 930. The van der Waals surface area contributed by atoms with Crippen molar-refractivity contribution < 1.29 is 17.9 Å². The Hall–Kier alpha value is -3.06. The lowest BCUT2D eigenvalue weighted by Crippen LogP contribution is -2.19. The van der Waals surface area contributed by atoms with Gasteiger partial charge in [-0.15, -0.1) is 0 Å². The summed E-state index contributed by atoms with van der Waals surface area (Å²) in [7, 11) is 0. The molecule has 0 fully saturated rings. The molecule has 0 saturated carbocycles. The molecule has 0 saturated heterocycles. The van der Waals surface area contributed by atoms with Crippen molar-refractivity contribution in [2.45, 2.75) is 6.18 Å². The van der Waals surface area contributed by atoms with Gasteiger partial charge in [-0.1, -0.05) is 36.4 Å². The average Bonchev–Trinajstić information content (AvgIpc) is 2.64. The molecule has 2 N–H and O–H groups in total. The summed E-state index contributed by atoms with van der Waals surface area (Å²) in [6, 6.07) is 21.2. The number of halogens is 3. The first kappa shape index (κ1) is 18.7. The molecule has 0 aliphatic rings. The molecule has 0 heterocycles. The van der Waals surface area contributed by atoms with Crippen molar-refractivity contribution in [3.63, 3.8) is 0 Å². The van der Waals surface area contributed by atoms with Crippen LogP contribution in [-0.2, 0) is 6.18 Å². The van der Waals surface area contributed by atoms with E-state index in [2.05, 4.69) is 10.6 Å². The highest BCUT2D eigenvalue weighted by molar-refractivity contribution is 7.80. The molecule has 138 valence electrons. The number of hydrogen-bond acceptors (Lipinski definition) is 2. The molecule has 0 atom stereocenters. The number of alkyl halides is 3. The van der Waals surface area contributed by atoms with E-state index in [9.17, 15) is 13.2 Å². The largest absolute Gasteiger partial charge is 0.455 e. The van der Waals surface area contributed by atoms with Crippen LogP contribution in [0.15, 0.2) is 78.9 Å². The van der Waals surface area contributed by atoms with Crippen molar-refractivity contribution in [3.05, 3.63) is 84.4 Å². The molecule has 3 aromatic rings. The normalized spacial score (nSPS) is 10.9. The number of ether oxygens (including phenoxy) is 1. The zero-order valence-electron chi connectivity index (χ0n) is 14.0. The predicted octanol–water partition coefficient (Wildman–Crippen LogP) is 6.31. The van der Waals surface area contributed by atoms with E-state index in [0.29, 0.717) is 17.2 Å². The Morgan fingerprint density at radius 2 is 1.52 bits per heavy atom. The predicted molar refractivity (Wildman–Crippen MR) is 104 cm³/mol. The van der Waals surface area contributed by atoms with Gasteiger partial charge in [-0.25, -0.2) is 0 Å². The SMILES string of the molecule is FC(F)(F)c1cccc(NC(=S)Nc2ccccc2Oc2ccccc2)c1. The Morgan fingerprint density at radius 1 is 0.815 bits per heavy atom. The van der Waals surface area contributed by atoms with Crippen molar-refractivity contribution in [2.75, 3.05) is 10.6 Å². The molecule has 0 bridgehead atoms. The van der Waals surface area contributed by atoms with Crippen LogP contribution in [-0.4, -0.2) is 5.11 Å². The van der Waals surface area contributed by atoms with Gasteiger partial charge >= 0.3 is 6.18 Å². The summed E-state index contributed by atoms with van der Waals surface area (Å²) in [6.45, 7) is 0. The van der Waals surface area contributed by atoms with Crippen LogP contribution in [0.4, 0.5) is 24.5 Å². The Balaban J connectivity index is 1.72. The Morgan fingerprint density at radius 3 is 2.26 bits per heavy atom. The van der Waals surface area contributed by atoms with Crippen LogP contribution in [0.3, 0.4) is 0 Å². The molecule has 0 amide bonds. The van der Waals surface area contributed by atoms with Crippen molar-refractivity contribution >= 4 is 28.7 Å². The fraction of sp³-hybridized carbons (Fsp3) is 0.0500. The minimum absolute atomic E-state index is 0.151. The highest BCUT2D eigenvalue weighted by atomic mass is 32.1. The second kappa shape index (κ2) is 8.09.